The van der Waals surface area contributed by atoms with Crippen LogP contribution in [-0.4, -0.2) is 14.3 Å². The molecule has 1 aromatic rings. The Morgan fingerprint density at radius 3 is 1.94 bits per heavy atom. The smallest absolute Gasteiger partial charge is 0.221 e. The Labute approximate surface area is 102 Å². The van der Waals surface area contributed by atoms with Crippen molar-refractivity contribution in [2.45, 2.75) is 6.92 Å². The lowest BCUT2D eigenvalue weighted by Gasteiger charge is -1.98. The summed E-state index contributed by atoms with van der Waals surface area (Å²) in [5, 5.41) is 4.36. The van der Waals surface area contributed by atoms with Crippen molar-refractivity contribution in [3.05, 3.63) is 54.3 Å². The summed E-state index contributed by atoms with van der Waals surface area (Å²) in [6.07, 6.45) is 0. The summed E-state index contributed by atoms with van der Waals surface area (Å²) in [6.45, 7) is 7.58. The van der Waals surface area contributed by atoms with Gasteiger partial charge < -0.3 is 5.32 Å². The number of hydrogen-bond acceptors (Lipinski definition) is 3. The summed E-state index contributed by atoms with van der Waals surface area (Å²) in [5.41, 5.74) is 0.843. The molecule has 0 atom stereocenters. The van der Waals surface area contributed by atoms with E-state index in [0.29, 0.717) is 0 Å². The Bertz CT molecular complexity index is 464. The highest BCUT2D eigenvalue weighted by molar-refractivity contribution is 7.97. The number of carbonyl (C=O) groups is 1. The largest absolute Gasteiger partial charge is 0.326 e. The predicted octanol–water partition coefficient (Wildman–Crippen LogP) is 2.33. The number of sulfone groups is 1. The van der Waals surface area contributed by atoms with Crippen LogP contribution in [0.25, 0.3) is 0 Å². The fourth-order valence-corrected chi connectivity index (χ4v) is 0.929. The minimum Gasteiger partial charge on any atom is -0.326 e. The average Bonchev–Trinajstić information content (AvgIpc) is 2.30. The summed E-state index contributed by atoms with van der Waals surface area (Å²) in [5.74, 6) is -0.0359. The number of rotatable bonds is 3. The number of hydrogen-bond donors (Lipinski definition) is 1. The van der Waals surface area contributed by atoms with Crippen molar-refractivity contribution in [1.82, 2.24) is 0 Å². The summed E-state index contributed by atoms with van der Waals surface area (Å²) < 4.78 is 20.3. The molecule has 1 amide bonds. The van der Waals surface area contributed by atoms with Crippen LogP contribution in [0.5, 0.6) is 0 Å². The molecule has 1 rings (SSSR count). The van der Waals surface area contributed by atoms with E-state index < -0.39 is 9.84 Å². The minimum atomic E-state index is -3.13. The first kappa shape index (κ1) is 15.1. The molecule has 0 fully saturated rings. The fraction of sp³-hybridized carbons (Fsp3) is 0.0833. The van der Waals surface area contributed by atoms with E-state index in [-0.39, 0.29) is 5.91 Å². The van der Waals surface area contributed by atoms with E-state index in [4.69, 9.17) is 0 Å². The molecule has 5 heteroatoms. The van der Waals surface area contributed by atoms with Gasteiger partial charge >= 0.3 is 0 Å². The molecular formula is C12H15NO3S. The van der Waals surface area contributed by atoms with E-state index in [2.05, 4.69) is 18.5 Å². The molecule has 0 aliphatic rings. The molecule has 0 heterocycles. The lowest BCUT2D eigenvalue weighted by Crippen LogP contribution is -2.04. The van der Waals surface area contributed by atoms with Crippen LogP contribution in [0.1, 0.15) is 6.92 Å². The third-order valence-corrected chi connectivity index (χ3v) is 2.49. The Morgan fingerprint density at radius 2 is 1.65 bits per heavy atom. The zero-order chi connectivity index (χ0) is 13.3. The molecule has 0 aliphatic carbocycles. The SMILES string of the molecule is C=CS(=O)(=O)C=C.CC(=O)Nc1ccccc1. The van der Waals surface area contributed by atoms with Gasteiger partial charge in [-0.3, -0.25) is 4.79 Å². The lowest BCUT2D eigenvalue weighted by atomic mass is 10.3. The Balaban J connectivity index is 0.000000325. The van der Waals surface area contributed by atoms with Gasteiger partial charge in [-0.1, -0.05) is 31.4 Å². The normalized spacial score (nSPS) is 9.47. The molecule has 1 aromatic carbocycles. The van der Waals surface area contributed by atoms with Crippen LogP contribution in [0, 0.1) is 0 Å². The maximum absolute atomic E-state index is 10.5. The van der Waals surface area contributed by atoms with Crippen LogP contribution in [0.3, 0.4) is 0 Å². The van der Waals surface area contributed by atoms with Crippen molar-refractivity contribution in [3.8, 4) is 0 Å². The van der Waals surface area contributed by atoms with E-state index in [1.54, 1.807) is 0 Å². The molecule has 0 aliphatic heterocycles. The topological polar surface area (TPSA) is 63.2 Å². The van der Waals surface area contributed by atoms with E-state index >= 15 is 0 Å². The molecule has 0 aromatic heterocycles. The highest BCUT2D eigenvalue weighted by Crippen LogP contribution is 2.03. The van der Waals surface area contributed by atoms with Crippen LogP contribution in [0.15, 0.2) is 54.3 Å². The van der Waals surface area contributed by atoms with Gasteiger partial charge in [0, 0.05) is 23.4 Å². The van der Waals surface area contributed by atoms with Gasteiger partial charge in [-0.05, 0) is 12.1 Å². The molecule has 0 saturated heterocycles. The number of benzene rings is 1. The molecule has 0 spiro atoms. The second-order valence-electron chi connectivity index (χ2n) is 2.97. The molecule has 92 valence electrons. The third-order valence-electron chi connectivity index (χ3n) is 1.56. The van der Waals surface area contributed by atoms with Gasteiger partial charge in [0.05, 0.1) is 0 Å². The molecule has 17 heavy (non-hydrogen) atoms. The Morgan fingerprint density at radius 1 is 1.18 bits per heavy atom. The van der Waals surface area contributed by atoms with E-state index in [1.807, 2.05) is 30.3 Å². The van der Waals surface area contributed by atoms with Crippen molar-refractivity contribution < 1.29 is 13.2 Å². The first-order chi connectivity index (χ1) is 7.91. The van der Waals surface area contributed by atoms with E-state index in [1.165, 1.54) is 6.92 Å². The van der Waals surface area contributed by atoms with Crippen LogP contribution in [-0.2, 0) is 14.6 Å². The highest BCUT2D eigenvalue weighted by atomic mass is 32.2. The fourth-order valence-electron chi connectivity index (χ4n) is 0.793. The highest BCUT2D eigenvalue weighted by Gasteiger charge is 1.91. The quantitative estimate of drug-likeness (QED) is 0.899. The number of para-hydroxylation sites is 1. The lowest BCUT2D eigenvalue weighted by molar-refractivity contribution is -0.114. The van der Waals surface area contributed by atoms with Crippen LogP contribution in [0.2, 0.25) is 0 Å². The maximum atomic E-state index is 10.5. The summed E-state index contributed by atoms with van der Waals surface area (Å²) in [7, 11) is -3.13. The van der Waals surface area contributed by atoms with Gasteiger partial charge in [0.1, 0.15) is 0 Å². The summed E-state index contributed by atoms with van der Waals surface area (Å²) in [4.78, 5) is 10.5. The summed E-state index contributed by atoms with van der Waals surface area (Å²) >= 11 is 0. The molecular weight excluding hydrogens is 238 g/mol. The number of carbonyl (C=O) groups excluding carboxylic acids is 1. The Hall–Kier alpha value is -1.88. The molecule has 0 unspecified atom stereocenters. The number of nitrogens with one attached hydrogen (secondary N) is 1. The molecule has 4 nitrogen and oxygen atoms in total. The standard InChI is InChI=1S/C8H9NO.C4H6O2S/c1-7(10)9-8-5-3-2-4-6-8;1-3-7(5,6)4-2/h2-6H,1H3,(H,9,10);3-4H,1-2H2. The predicted molar refractivity (Wildman–Crippen MR) is 70.1 cm³/mol. The first-order valence-corrected chi connectivity index (χ1v) is 6.35. The summed E-state index contributed by atoms with van der Waals surface area (Å²) in [6, 6.07) is 9.37. The van der Waals surface area contributed by atoms with Crippen molar-refractivity contribution in [2.24, 2.45) is 0 Å². The van der Waals surface area contributed by atoms with Crippen molar-refractivity contribution >= 4 is 21.4 Å². The van der Waals surface area contributed by atoms with Gasteiger partial charge in [0.15, 0.2) is 9.84 Å². The van der Waals surface area contributed by atoms with E-state index in [0.717, 1.165) is 16.5 Å². The number of anilines is 1. The van der Waals surface area contributed by atoms with Crippen molar-refractivity contribution in [1.29, 1.82) is 0 Å². The van der Waals surface area contributed by atoms with Gasteiger partial charge in [-0.2, -0.15) is 0 Å². The second kappa shape index (κ2) is 7.40. The van der Waals surface area contributed by atoms with Crippen LogP contribution >= 0.6 is 0 Å². The Kier molecular flexibility index (Phi) is 6.58. The van der Waals surface area contributed by atoms with Gasteiger partial charge in [0.25, 0.3) is 0 Å². The van der Waals surface area contributed by atoms with Gasteiger partial charge in [-0.15, -0.1) is 0 Å². The number of amides is 1. The third kappa shape index (κ3) is 7.98. The molecule has 1 N–H and O–H groups in total. The first-order valence-electron chi connectivity index (χ1n) is 4.74. The minimum absolute atomic E-state index is 0.0359. The average molecular weight is 253 g/mol. The molecule has 0 bridgehead atoms. The molecule has 0 radical (unpaired) electrons. The second-order valence-corrected chi connectivity index (χ2v) is 4.81. The molecule has 0 saturated carbocycles. The zero-order valence-corrected chi connectivity index (χ0v) is 10.4. The van der Waals surface area contributed by atoms with E-state index in [9.17, 15) is 13.2 Å². The van der Waals surface area contributed by atoms with Gasteiger partial charge in [0.2, 0.25) is 5.91 Å². The van der Waals surface area contributed by atoms with Crippen molar-refractivity contribution in [2.75, 3.05) is 5.32 Å². The van der Waals surface area contributed by atoms with Crippen LogP contribution in [0.4, 0.5) is 5.69 Å². The van der Waals surface area contributed by atoms with Crippen molar-refractivity contribution in [3.63, 3.8) is 0 Å². The van der Waals surface area contributed by atoms with Gasteiger partial charge in [-0.25, -0.2) is 8.42 Å². The van der Waals surface area contributed by atoms with Crippen LogP contribution < -0.4 is 5.32 Å². The zero-order valence-electron chi connectivity index (χ0n) is 9.59. The monoisotopic (exact) mass is 253 g/mol. The maximum Gasteiger partial charge on any atom is 0.221 e.